The second-order valence-corrected chi connectivity index (χ2v) is 14.4. The Hall–Kier alpha value is -4.70. The highest BCUT2D eigenvalue weighted by molar-refractivity contribution is 9.08. The molecule has 0 aliphatic rings. The molecule has 0 radical (unpaired) electrons. The van der Waals surface area contributed by atoms with Crippen molar-refractivity contribution >= 4 is 70.7 Å². The zero-order chi connectivity index (χ0) is 35.9. The molecule has 7 rings (SSSR count). The molecular formula is C42H33BrF2O4S2. The van der Waals surface area contributed by atoms with Gasteiger partial charge in [0, 0.05) is 30.9 Å². The number of alkyl halides is 1. The summed E-state index contributed by atoms with van der Waals surface area (Å²) in [7, 11) is 0. The van der Waals surface area contributed by atoms with Gasteiger partial charge in [-0.15, -0.1) is 22.7 Å². The third-order valence-corrected chi connectivity index (χ3v) is 11.4. The second-order valence-electron chi connectivity index (χ2n) is 11.5. The third kappa shape index (κ3) is 8.44. The van der Waals surface area contributed by atoms with Crippen molar-refractivity contribution in [3.63, 3.8) is 0 Å². The molecule has 0 saturated heterocycles. The molecule has 0 fully saturated rings. The predicted octanol–water partition coefficient (Wildman–Crippen LogP) is 12.3. The Bertz CT molecular complexity index is 2350. The topological polar surface area (TPSA) is 52.6 Å². The van der Waals surface area contributed by atoms with Gasteiger partial charge in [-0.3, -0.25) is 0 Å². The van der Waals surface area contributed by atoms with E-state index in [1.807, 2.05) is 61.5 Å². The lowest BCUT2D eigenvalue weighted by Gasteiger charge is -2.06. The summed E-state index contributed by atoms with van der Waals surface area (Å²) in [6, 6.07) is 35.6. The average molecular weight is 784 g/mol. The number of hydrogen-bond acceptors (Lipinski definition) is 6. The van der Waals surface area contributed by atoms with Crippen molar-refractivity contribution in [3.05, 3.63) is 153 Å². The summed E-state index contributed by atoms with van der Waals surface area (Å²) in [6.07, 6.45) is 0.527. The van der Waals surface area contributed by atoms with Crippen molar-refractivity contribution in [2.45, 2.75) is 25.6 Å². The molecule has 0 bridgehead atoms. The lowest BCUT2D eigenvalue weighted by molar-refractivity contribution is 0.0517. The maximum absolute atomic E-state index is 13.5. The van der Waals surface area contributed by atoms with Crippen molar-refractivity contribution in [1.82, 2.24) is 0 Å². The Kier molecular flexibility index (Phi) is 11.7. The summed E-state index contributed by atoms with van der Waals surface area (Å²) in [6.45, 7) is 4.31. The van der Waals surface area contributed by atoms with Gasteiger partial charge in [0.25, 0.3) is 0 Å². The van der Waals surface area contributed by atoms with Crippen LogP contribution in [0.1, 0.15) is 49.9 Å². The van der Waals surface area contributed by atoms with Crippen LogP contribution in [-0.4, -0.2) is 25.2 Å². The molecule has 0 unspecified atom stereocenters. The zero-order valence-corrected chi connectivity index (χ0v) is 31.1. The van der Waals surface area contributed by atoms with Crippen LogP contribution in [0.25, 0.3) is 42.4 Å². The molecule has 0 amide bonds. The van der Waals surface area contributed by atoms with Crippen molar-refractivity contribution in [2.24, 2.45) is 0 Å². The standard InChI is InChI=1S/C24H18F2O2S.C18H15BrO2S/c1-2-28-24(27)18-7-3-5-16(13-18)20-8-4-6-17-14-19(29-23(17)20)11-15-9-10-21(25)22(26)12-15;1-2-21-18(20)14-7-3-5-12(9-14)16-8-4-6-13-10-15(11-19)22-17(13)16/h3-10,12-14H,2,11H2,1H3;3-10H,2,11H2,1H3. The molecular weight excluding hydrogens is 750 g/mol. The van der Waals surface area contributed by atoms with Crippen molar-refractivity contribution in [3.8, 4) is 22.3 Å². The Morgan fingerprint density at radius 2 is 1.12 bits per heavy atom. The van der Waals surface area contributed by atoms with Crippen LogP contribution in [0.4, 0.5) is 8.78 Å². The van der Waals surface area contributed by atoms with Gasteiger partial charge in [-0.1, -0.05) is 82.7 Å². The molecule has 51 heavy (non-hydrogen) atoms. The van der Waals surface area contributed by atoms with Crippen molar-refractivity contribution < 1.29 is 27.8 Å². The van der Waals surface area contributed by atoms with Crippen LogP contribution in [0.15, 0.2) is 115 Å². The zero-order valence-electron chi connectivity index (χ0n) is 27.9. The number of carbonyl (C=O) groups is 2. The first-order valence-electron chi connectivity index (χ1n) is 16.4. The fourth-order valence-corrected chi connectivity index (χ4v) is 8.52. The van der Waals surface area contributed by atoms with Crippen molar-refractivity contribution in [2.75, 3.05) is 13.2 Å². The van der Waals surface area contributed by atoms with E-state index >= 15 is 0 Å². The molecule has 0 N–H and O–H groups in total. The van der Waals surface area contributed by atoms with E-state index in [0.717, 1.165) is 54.2 Å². The number of rotatable bonds is 9. The average Bonchev–Trinajstić information content (AvgIpc) is 3.77. The molecule has 0 atom stereocenters. The molecule has 5 aromatic carbocycles. The lowest BCUT2D eigenvalue weighted by atomic mass is 10.0. The SMILES string of the molecule is CCOC(=O)c1cccc(-c2cccc3cc(CBr)sc23)c1.CCOC(=O)c1cccc(-c2cccc3cc(Cc4ccc(F)c(F)c4)sc23)c1. The van der Waals surface area contributed by atoms with E-state index < -0.39 is 11.6 Å². The van der Waals surface area contributed by atoms with E-state index in [0.29, 0.717) is 30.8 Å². The molecule has 0 spiro atoms. The monoisotopic (exact) mass is 782 g/mol. The largest absolute Gasteiger partial charge is 0.462 e. The summed E-state index contributed by atoms with van der Waals surface area (Å²) in [4.78, 5) is 26.3. The Morgan fingerprint density at radius 3 is 1.63 bits per heavy atom. The summed E-state index contributed by atoms with van der Waals surface area (Å²) < 4.78 is 39.2. The quantitative estimate of drug-likeness (QED) is 0.108. The van der Waals surface area contributed by atoms with Crippen LogP contribution in [0.5, 0.6) is 0 Å². The highest BCUT2D eigenvalue weighted by atomic mass is 79.9. The first kappa shape index (κ1) is 36.1. The number of fused-ring (bicyclic) bond motifs is 2. The predicted molar refractivity (Wildman–Crippen MR) is 208 cm³/mol. The minimum Gasteiger partial charge on any atom is -0.462 e. The summed E-state index contributed by atoms with van der Waals surface area (Å²) in [5, 5.41) is 3.17. The first-order valence-corrected chi connectivity index (χ1v) is 19.1. The normalized spacial score (nSPS) is 10.9. The second kappa shape index (κ2) is 16.5. The van der Waals surface area contributed by atoms with Crippen molar-refractivity contribution in [1.29, 1.82) is 0 Å². The van der Waals surface area contributed by atoms with Crippen LogP contribution >= 0.6 is 38.6 Å². The van der Waals surface area contributed by atoms with E-state index in [2.05, 4.69) is 46.3 Å². The van der Waals surface area contributed by atoms with Crippen LogP contribution in [-0.2, 0) is 21.2 Å². The van der Waals surface area contributed by atoms with Gasteiger partial charge in [-0.05, 0) is 101 Å². The lowest BCUT2D eigenvalue weighted by Crippen LogP contribution is -2.04. The molecule has 258 valence electrons. The maximum Gasteiger partial charge on any atom is 0.338 e. The number of halogens is 3. The summed E-state index contributed by atoms with van der Waals surface area (Å²) in [5.74, 6) is -2.29. The van der Waals surface area contributed by atoms with Crippen LogP contribution < -0.4 is 0 Å². The fourth-order valence-electron chi connectivity index (χ4n) is 5.75. The van der Waals surface area contributed by atoms with E-state index in [4.69, 9.17) is 9.47 Å². The van der Waals surface area contributed by atoms with Gasteiger partial charge in [0.1, 0.15) is 0 Å². The highest BCUT2D eigenvalue weighted by Crippen LogP contribution is 2.37. The molecule has 0 aliphatic heterocycles. The summed E-state index contributed by atoms with van der Waals surface area (Å²) in [5.41, 5.74) is 5.98. The first-order chi connectivity index (χ1) is 24.8. The van der Waals surface area contributed by atoms with E-state index in [1.54, 1.807) is 47.8 Å². The van der Waals surface area contributed by atoms with Crippen LogP contribution in [0.2, 0.25) is 0 Å². The van der Waals surface area contributed by atoms with Gasteiger partial charge in [0.05, 0.1) is 24.3 Å². The van der Waals surface area contributed by atoms with Gasteiger partial charge in [0.2, 0.25) is 0 Å². The molecule has 4 nitrogen and oxygen atoms in total. The smallest absolute Gasteiger partial charge is 0.338 e. The van der Waals surface area contributed by atoms with Gasteiger partial charge in [-0.2, -0.15) is 0 Å². The molecule has 7 aromatic rings. The molecule has 0 aliphatic carbocycles. The number of thiophene rings is 2. The molecule has 9 heteroatoms. The molecule has 2 aromatic heterocycles. The van der Waals surface area contributed by atoms with Gasteiger partial charge >= 0.3 is 11.9 Å². The Morgan fingerprint density at radius 1 is 0.608 bits per heavy atom. The number of hydrogen-bond donors (Lipinski definition) is 0. The summed E-state index contributed by atoms with van der Waals surface area (Å²) >= 11 is 6.91. The third-order valence-electron chi connectivity index (χ3n) is 8.05. The Balaban J connectivity index is 0.000000183. The van der Waals surface area contributed by atoms with Gasteiger partial charge in [-0.25, -0.2) is 18.4 Å². The van der Waals surface area contributed by atoms with E-state index in [-0.39, 0.29) is 11.9 Å². The number of ether oxygens (including phenoxy) is 2. The number of carbonyl (C=O) groups excluding carboxylic acids is 2. The number of esters is 2. The molecule has 2 heterocycles. The molecule has 0 saturated carbocycles. The highest BCUT2D eigenvalue weighted by Gasteiger charge is 2.14. The minimum absolute atomic E-state index is 0.274. The van der Waals surface area contributed by atoms with Gasteiger partial charge in [0.15, 0.2) is 11.6 Å². The van der Waals surface area contributed by atoms with Crippen LogP contribution in [0.3, 0.4) is 0 Å². The Labute approximate surface area is 311 Å². The van der Waals surface area contributed by atoms with Crippen LogP contribution in [0, 0.1) is 11.6 Å². The minimum atomic E-state index is -0.839. The maximum atomic E-state index is 13.5. The van der Waals surface area contributed by atoms with Gasteiger partial charge < -0.3 is 9.47 Å². The van der Waals surface area contributed by atoms with E-state index in [9.17, 15) is 18.4 Å². The fraction of sp³-hybridized carbons (Fsp3) is 0.143. The van der Waals surface area contributed by atoms with E-state index in [1.165, 1.54) is 21.0 Å². The number of benzene rings is 5.